The van der Waals surface area contributed by atoms with Crippen LogP contribution in [0, 0.1) is 5.41 Å². The van der Waals surface area contributed by atoms with Gasteiger partial charge in [-0.05, 0) is 14.0 Å². The summed E-state index contributed by atoms with van der Waals surface area (Å²) in [6.45, 7) is 10.8. The molecule has 28 heavy (non-hydrogen) atoms. The third-order valence-electron chi connectivity index (χ3n) is 4.99. The van der Waals surface area contributed by atoms with Gasteiger partial charge in [-0.2, -0.15) is 12.6 Å². The van der Waals surface area contributed by atoms with Crippen molar-refractivity contribution in [3.8, 4) is 0 Å². The van der Waals surface area contributed by atoms with Crippen LogP contribution in [0.5, 0.6) is 0 Å². The Balaban J connectivity index is 1.99. The predicted molar refractivity (Wildman–Crippen MR) is 115 cm³/mol. The molecule has 2 atom stereocenters. The highest BCUT2D eigenvalue weighted by molar-refractivity contribution is 7.81. The van der Waals surface area contributed by atoms with Gasteiger partial charge in [0.1, 0.15) is 0 Å². The molecule has 0 aliphatic carbocycles. The summed E-state index contributed by atoms with van der Waals surface area (Å²) in [5.41, 5.74) is 2.20. The average molecular weight is 415 g/mol. The Labute approximate surface area is 175 Å². The molecular weight excluding hydrogens is 376 g/mol. The van der Waals surface area contributed by atoms with Crippen LogP contribution in [0.3, 0.4) is 0 Å². The number of thiol groups is 1. The molecule has 2 N–H and O–H groups in total. The molecular formula is C19H38N6O2S. The largest absolute Gasteiger partial charge is 0.380 e. The Bertz CT molecular complexity index is 620. The van der Waals surface area contributed by atoms with Crippen molar-refractivity contribution in [2.45, 2.75) is 51.0 Å². The van der Waals surface area contributed by atoms with Crippen LogP contribution in [0.2, 0.25) is 0 Å². The fraction of sp³-hybridized carbons (Fsp3) is 0.895. The van der Waals surface area contributed by atoms with E-state index in [4.69, 9.17) is 27.9 Å². The van der Waals surface area contributed by atoms with Crippen molar-refractivity contribution in [3.63, 3.8) is 0 Å². The van der Waals surface area contributed by atoms with Gasteiger partial charge in [-0.25, -0.2) is 9.69 Å². The Morgan fingerprint density at radius 3 is 2.68 bits per heavy atom. The summed E-state index contributed by atoms with van der Waals surface area (Å²) < 4.78 is 13.3. The lowest BCUT2D eigenvalue weighted by Gasteiger charge is -2.30. The molecule has 0 saturated heterocycles. The zero-order valence-electron chi connectivity index (χ0n) is 18.3. The molecule has 0 saturated carbocycles. The number of ether oxygens (including phenoxy) is 2. The zero-order chi connectivity index (χ0) is 20.9. The molecule has 0 spiro atoms. The van der Waals surface area contributed by atoms with Gasteiger partial charge in [-0.3, -0.25) is 5.84 Å². The van der Waals surface area contributed by atoms with Gasteiger partial charge in [-0.1, -0.05) is 19.1 Å². The lowest BCUT2D eigenvalue weighted by atomic mass is 9.95. The van der Waals surface area contributed by atoms with Gasteiger partial charge >= 0.3 is 0 Å². The molecule has 2 heterocycles. The fourth-order valence-corrected chi connectivity index (χ4v) is 3.96. The molecule has 9 heteroatoms. The fourth-order valence-electron chi connectivity index (χ4n) is 3.74. The van der Waals surface area contributed by atoms with Crippen LogP contribution in [-0.2, 0) is 28.9 Å². The van der Waals surface area contributed by atoms with Crippen molar-refractivity contribution in [1.82, 2.24) is 24.9 Å². The predicted octanol–water partition coefficient (Wildman–Crippen LogP) is 0.860. The summed E-state index contributed by atoms with van der Waals surface area (Å²) in [6.07, 6.45) is 1.86. The molecule has 1 aliphatic rings. The molecule has 162 valence electrons. The van der Waals surface area contributed by atoms with E-state index in [9.17, 15) is 0 Å². The number of methoxy groups -OCH3 is 1. The van der Waals surface area contributed by atoms with Crippen LogP contribution >= 0.6 is 12.6 Å². The second-order valence-electron chi connectivity index (χ2n) is 9.28. The Hall–Kier alpha value is -0.710. The van der Waals surface area contributed by atoms with Gasteiger partial charge in [-0.15, -0.1) is 5.10 Å². The normalized spacial score (nSPS) is 21.2. The third-order valence-corrected chi connectivity index (χ3v) is 5.26. The SMILES string of the molecule is COC1Cc2nnn(CC(C)(S)COCC(C)(C)CN(C)N)c2CCN(C)C1. The van der Waals surface area contributed by atoms with Crippen molar-refractivity contribution >= 4 is 12.6 Å². The second-order valence-corrected chi connectivity index (χ2v) is 10.4. The van der Waals surface area contributed by atoms with E-state index in [1.165, 1.54) is 5.69 Å². The maximum Gasteiger partial charge on any atom is 0.0886 e. The number of hydrogen-bond donors (Lipinski definition) is 2. The van der Waals surface area contributed by atoms with E-state index < -0.39 is 0 Å². The van der Waals surface area contributed by atoms with E-state index in [1.54, 1.807) is 12.1 Å². The van der Waals surface area contributed by atoms with E-state index in [1.807, 2.05) is 11.7 Å². The molecule has 0 radical (unpaired) electrons. The van der Waals surface area contributed by atoms with Crippen LogP contribution in [0.4, 0.5) is 0 Å². The molecule has 1 aromatic heterocycles. The quantitative estimate of drug-likeness (QED) is 0.352. The molecule has 2 rings (SSSR count). The van der Waals surface area contributed by atoms with Gasteiger partial charge in [0.15, 0.2) is 0 Å². The van der Waals surface area contributed by atoms with Crippen LogP contribution in [0.25, 0.3) is 0 Å². The number of nitrogens with zero attached hydrogens (tertiary/aromatic N) is 5. The lowest BCUT2D eigenvalue weighted by molar-refractivity contribution is 0.0323. The number of aromatic nitrogens is 3. The number of hydrazine groups is 1. The summed E-state index contributed by atoms with van der Waals surface area (Å²) in [6, 6.07) is 0. The first-order valence-corrected chi connectivity index (χ1v) is 10.3. The lowest BCUT2D eigenvalue weighted by Crippen LogP contribution is -2.40. The van der Waals surface area contributed by atoms with Crippen molar-refractivity contribution in [2.75, 3.05) is 54.1 Å². The first-order chi connectivity index (χ1) is 13.0. The Morgan fingerprint density at radius 1 is 1.32 bits per heavy atom. The summed E-state index contributed by atoms with van der Waals surface area (Å²) in [7, 11) is 5.76. The van der Waals surface area contributed by atoms with E-state index in [-0.39, 0.29) is 16.3 Å². The zero-order valence-corrected chi connectivity index (χ0v) is 19.2. The summed E-state index contributed by atoms with van der Waals surface area (Å²) >= 11 is 4.86. The smallest absolute Gasteiger partial charge is 0.0886 e. The van der Waals surface area contributed by atoms with Crippen molar-refractivity contribution in [3.05, 3.63) is 11.4 Å². The summed E-state index contributed by atoms with van der Waals surface area (Å²) in [5, 5.41) is 10.6. The van der Waals surface area contributed by atoms with Crippen molar-refractivity contribution in [2.24, 2.45) is 11.3 Å². The van der Waals surface area contributed by atoms with Gasteiger partial charge in [0.05, 0.1) is 42.0 Å². The molecule has 0 amide bonds. The Morgan fingerprint density at radius 2 is 2.04 bits per heavy atom. The number of rotatable bonds is 9. The molecule has 0 bridgehead atoms. The van der Waals surface area contributed by atoms with E-state index in [0.717, 1.165) is 38.2 Å². The van der Waals surface area contributed by atoms with Gasteiger partial charge < -0.3 is 14.4 Å². The minimum atomic E-state index is -0.346. The maximum absolute atomic E-state index is 6.00. The highest BCUT2D eigenvalue weighted by Crippen LogP contribution is 2.23. The molecule has 8 nitrogen and oxygen atoms in total. The molecule has 0 aromatic carbocycles. The Kier molecular flexibility index (Phi) is 8.30. The van der Waals surface area contributed by atoms with Crippen LogP contribution < -0.4 is 5.84 Å². The third kappa shape index (κ3) is 7.27. The standard InChI is InChI=1S/C19H38N6O2S/c1-18(2,11-24(5)20)13-27-14-19(3,28)12-25-17-7-8-23(4)10-15(26-6)9-16(17)21-22-25/h15,28H,7-14,20H2,1-6H3. The number of fused-ring (bicyclic) bond motifs is 1. The van der Waals surface area contributed by atoms with E-state index >= 15 is 0 Å². The number of nitrogens with two attached hydrogens (primary N) is 1. The molecule has 1 aliphatic heterocycles. The number of hydrogen-bond acceptors (Lipinski definition) is 8. The number of likely N-dealkylation sites (N-methyl/N-ethyl adjacent to an activating group) is 1. The minimum absolute atomic E-state index is 0.0182. The summed E-state index contributed by atoms with van der Waals surface area (Å²) in [5.74, 6) is 5.78. The first kappa shape index (κ1) is 23.6. The summed E-state index contributed by atoms with van der Waals surface area (Å²) in [4.78, 5) is 2.30. The van der Waals surface area contributed by atoms with Crippen molar-refractivity contribution in [1.29, 1.82) is 0 Å². The van der Waals surface area contributed by atoms with Crippen LogP contribution in [0.15, 0.2) is 0 Å². The topological polar surface area (TPSA) is 81.7 Å². The minimum Gasteiger partial charge on any atom is -0.380 e. The highest BCUT2D eigenvalue weighted by Gasteiger charge is 2.28. The van der Waals surface area contributed by atoms with Crippen LogP contribution in [0.1, 0.15) is 32.2 Å². The van der Waals surface area contributed by atoms with Gasteiger partial charge in [0.2, 0.25) is 0 Å². The average Bonchev–Trinajstić information content (AvgIpc) is 2.88. The van der Waals surface area contributed by atoms with E-state index in [2.05, 4.69) is 43.0 Å². The van der Waals surface area contributed by atoms with Gasteiger partial charge in [0.25, 0.3) is 0 Å². The second kappa shape index (κ2) is 9.86. The monoisotopic (exact) mass is 414 g/mol. The molecule has 0 fully saturated rings. The molecule has 1 aromatic rings. The first-order valence-electron chi connectivity index (χ1n) is 9.90. The molecule has 2 unspecified atom stereocenters. The maximum atomic E-state index is 6.00. The highest BCUT2D eigenvalue weighted by atomic mass is 32.1. The van der Waals surface area contributed by atoms with E-state index in [0.29, 0.717) is 19.8 Å². The van der Waals surface area contributed by atoms with Gasteiger partial charge in [0, 0.05) is 52.0 Å². The van der Waals surface area contributed by atoms with Crippen LogP contribution in [-0.4, -0.2) is 89.8 Å². The van der Waals surface area contributed by atoms with Crippen molar-refractivity contribution < 1.29 is 9.47 Å².